The summed E-state index contributed by atoms with van der Waals surface area (Å²) < 4.78 is 9.73. The van der Waals surface area contributed by atoms with Crippen LogP contribution in [0, 0.1) is 0 Å². The fraction of sp³-hybridized carbons (Fsp3) is 0.500. The van der Waals surface area contributed by atoms with Crippen molar-refractivity contribution in [3.63, 3.8) is 0 Å². The highest BCUT2D eigenvalue weighted by Crippen LogP contribution is 2.37. The highest BCUT2D eigenvalue weighted by Gasteiger charge is 2.30. The quantitative estimate of drug-likeness (QED) is 0.807. The summed E-state index contributed by atoms with van der Waals surface area (Å²) >= 11 is 0. The van der Waals surface area contributed by atoms with Gasteiger partial charge in [-0.05, 0) is 36.5 Å². The molecule has 0 atom stereocenters. The van der Waals surface area contributed by atoms with Gasteiger partial charge in [0.2, 0.25) is 0 Å². The van der Waals surface area contributed by atoms with Crippen LogP contribution in [0.4, 0.5) is 0 Å². The number of carbonyl (C=O) groups is 1. The molecule has 1 aromatic carbocycles. The molecule has 1 fully saturated rings. The van der Waals surface area contributed by atoms with Crippen LogP contribution in [0.5, 0.6) is 5.75 Å². The number of hydrogen-bond acceptors (Lipinski definition) is 4. The molecule has 4 heteroatoms. The first-order valence-corrected chi connectivity index (χ1v) is 6.17. The van der Waals surface area contributed by atoms with Crippen molar-refractivity contribution in [1.29, 1.82) is 0 Å². The Labute approximate surface area is 107 Å². The summed E-state index contributed by atoms with van der Waals surface area (Å²) in [6, 6.07) is 8.63. The maximum absolute atomic E-state index is 11.0. The molecule has 18 heavy (non-hydrogen) atoms. The van der Waals surface area contributed by atoms with Gasteiger partial charge >= 0.3 is 5.97 Å². The zero-order valence-electron chi connectivity index (χ0n) is 10.8. The van der Waals surface area contributed by atoms with Crippen LogP contribution >= 0.6 is 0 Å². The van der Waals surface area contributed by atoms with E-state index in [1.807, 2.05) is 12.1 Å². The second kappa shape index (κ2) is 5.87. The first-order chi connectivity index (χ1) is 8.72. The molecule has 1 saturated carbocycles. The molecule has 4 nitrogen and oxygen atoms in total. The highest BCUT2D eigenvalue weighted by molar-refractivity contribution is 5.71. The lowest BCUT2D eigenvalue weighted by molar-refractivity contribution is -0.139. The number of hydrogen-bond donors (Lipinski definition) is 1. The highest BCUT2D eigenvalue weighted by atomic mass is 16.5. The average molecular weight is 249 g/mol. The van der Waals surface area contributed by atoms with E-state index in [-0.39, 0.29) is 5.97 Å². The van der Waals surface area contributed by atoms with Crippen molar-refractivity contribution in [2.75, 3.05) is 20.8 Å². The number of methoxy groups -OCH3 is 2. The van der Waals surface area contributed by atoms with Crippen LogP contribution in [-0.4, -0.2) is 32.8 Å². The van der Waals surface area contributed by atoms with E-state index in [1.165, 1.54) is 12.7 Å². The van der Waals surface area contributed by atoms with Gasteiger partial charge in [0.15, 0.2) is 0 Å². The van der Waals surface area contributed by atoms with Gasteiger partial charge in [0.1, 0.15) is 5.75 Å². The first-order valence-electron chi connectivity index (χ1n) is 6.17. The molecule has 2 rings (SSSR count). The van der Waals surface area contributed by atoms with Crippen LogP contribution in [0.25, 0.3) is 0 Å². The zero-order valence-corrected chi connectivity index (χ0v) is 10.8. The summed E-state index contributed by atoms with van der Waals surface area (Å²) in [5.74, 6) is 1.27. The molecular weight excluding hydrogens is 230 g/mol. The van der Waals surface area contributed by atoms with E-state index in [9.17, 15) is 4.79 Å². The summed E-state index contributed by atoms with van der Waals surface area (Å²) in [5.41, 5.74) is 1.34. The minimum Gasteiger partial charge on any atom is -0.497 e. The van der Waals surface area contributed by atoms with Crippen LogP contribution in [0.1, 0.15) is 24.3 Å². The topological polar surface area (TPSA) is 47.6 Å². The van der Waals surface area contributed by atoms with Gasteiger partial charge in [0.25, 0.3) is 0 Å². The predicted molar refractivity (Wildman–Crippen MR) is 68.8 cm³/mol. The van der Waals surface area contributed by atoms with Crippen LogP contribution in [-0.2, 0) is 9.53 Å². The van der Waals surface area contributed by atoms with Crippen LogP contribution in [0.3, 0.4) is 0 Å². The largest absolute Gasteiger partial charge is 0.497 e. The SMILES string of the molecule is COC(=O)CNC1CC(c2ccc(OC)cc2)C1. The number of esters is 1. The Hall–Kier alpha value is -1.55. The molecule has 1 aromatic rings. The van der Waals surface area contributed by atoms with Gasteiger partial charge in [-0.25, -0.2) is 0 Å². The molecule has 1 N–H and O–H groups in total. The van der Waals surface area contributed by atoms with Crippen molar-refractivity contribution >= 4 is 5.97 Å². The number of rotatable bonds is 5. The van der Waals surface area contributed by atoms with Crippen molar-refractivity contribution in [1.82, 2.24) is 5.32 Å². The lowest BCUT2D eigenvalue weighted by Crippen LogP contribution is -2.42. The Kier molecular flexibility index (Phi) is 4.20. The zero-order chi connectivity index (χ0) is 13.0. The Morgan fingerprint density at radius 3 is 2.50 bits per heavy atom. The maximum atomic E-state index is 11.0. The predicted octanol–water partition coefficient (Wildman–Crippen LogP) is 1.70. The Bertz CT molecular complexity index is 396. The molecule has 1 aliphatic carbocycles. The van der Waals surface area contributed by atoms with E-state index < -0.39 is 0 Å². The number of ether oxygens (including phenoxy) is 2. The molecule has 0 amide bonds. The molecule has 0 radical (unpaired) electrons. The first kappa shape index (κ1) is 12.9. The molecule has 0 unspecified atom stereocenters. The summed E-state index contributed by atoms with van der Waals surface area (Å²) in [6.07, 6.45) is 2.15. The summed E-state index contributed by atoms with van der Waals surface area (Å²) in [4.78, 5) is 11.0. The minimum atomic E-state index is -0.206. The Balaban J connectivity index is 1.76. The lowest BCUT2D eigenvalue weighted by atomic mass is 9.76. The standard InChI is InChI=1S/C14H19NO3/c1-17-13-5-3-10(4-6-13)11-7-12(8-11)15-9-14(16)18-2/h3-6,11-12,15H,7-9H2,1-2H3. The summed E-state index contributed by atoms with van der Waals surface area (Å²) in [7, 11) is 3.08. The minimum absolute atomic E-state index is 0.206. The molecule has 0 aromatic heterocycles. The van der Waals surface area contributed by atoms with E-state index in [2.05, 4.69) is 22.2 Å². The lowest BCUT2D eigenvalue weighted by Gasteiger charge is -2.36. The van der Waals surface area contributed by atoms with E-state index in [0.29, 0.717) is 18.5 Å². The third-order valence-corrected chi connectivity index (χ3v) is 3.49. The fourth-order valence-electron chi connectivity index (χ4n) is 2.23. The van der Waals surface area contributed by atoms with Crippen molar-refractivity contribution in [3.8, 4) is 5.75 Å². The van der Waals surface area contributed by atoms with Gasteiger partial charge in [-0.3, -0.25) is 4.79 Å². The molecule has 98 valence electrons. The van der Waals surface area contributed by atoms with Gasteiger partial charge in [-0.15, -0.1) is 0 Å². The third kappa shape index (κ3) is 3.01. The molecule has 0 aliphatic heterocycles. The second-order valence-corrected chi connectivity index (χ2v) is 4.60. The average Bonchev–Trinajstić information content (AvgIpc) is 2.37. The molecule has 0 spiro atoms. The third-order valence-electron chi connectivity index (χ3n) is 3.49. The summed E-state index contributed by atoms with van der Waals surface area (Å²) in [5, 5.41) is 3.19. The molecule has 0 heterocycles. The van der Waals surface area contributed by atoms with E-state index in [1.54, 1.807) is 7.11 Å². The monoisotopic (exact) mass is 249 g/mol. The van der Waals surface area contributed by atoms with Crippen molar-refractivity contribution in [3.05, 3.63) is 29.8 Å². The van der Waals surface area contributed by atoms with Gasteiger partial charge in [0, 0.05) is 6.04 Å². The van der Waals surface area contributed by atoms with Crippen LogP contribution < -0.4 is 10.1 Å². The molecule has 0 saturated heterocycles. The van der Waals surface area contributed by atoms with Crippen molar-refractivity contribution in [2.45, 2.75) is 24.8 Å². The van der Waals surface area contributed by atoms with Gasteiger partial charge < -0.3 is 14.8 Å². The molecule has 1 aliphatic rings. The summed E-state index contributed by atoms with van der Waals surface area (Å²) in [6.45, 7) is 0.302. The van der Waals surface area contributed by atoms with Crippen molar-refractivity contribution in [2.24, 2.45) is 0 Å². The van der Waals surface area contributed by atoms with Gasteiger partial charge in [0.05, 0.1) is 20.8 Å². The Morgan fingerprint density at radius 1 is 1.28 bits per heavy atom. The Morgan fingerprint density at radius 2 is 1.94 bits per heavy atom. The second-order valence-electron chi connectivity index (χ2n) is 4.60. The number of carbonyl (C=O) groups excluding carboxylic acids is 1. The van der Waals surface area contributed by atoms with E-state index >= 15 is 0 Å². The van der Waals surface area contributed by atoms with Crippen LogP contribution in [0.2, 0.25) is 0 Å². The van der Waals surface area contributed by atoms with E-state index in [0.717, 1.165) is 18.6 Å². The number of nitrogens with one attached hydrogen (secondary N) is 1. The number of benzene rings is 1. The normalized spacial score (nSPS) is 22.1. The smallest absolute Gasteiger partial charge is 0.319 e. The van der Waals surface area contributed by atoms with Crippen LogP contribution in [0.15, 0.2) is 24.3 Å². The maximum Gasteiger partial charge on any atom is 0.319 e. The van der Waals surface area contributed by atoms with E-state index in [4.69, 9.17) is 4.74 Å². The molecule has 0 bridgehead atoms. The van der Waals surface area contributed by atoms with Gasteiger partial charge in [-0.2, -0.15) is 0 Å². The fourth-order valence-corrected chi connectivity index (χ4v) is 2.23. The van der Waals surface area contributed by atoms with Crippen molar-refractivity contribution < 1.29 is 14.3 Å². The van der Waals surface area contributed by atoms with Gasteiger partial charge in [-0.1, -0.05) is 12.1 Å². The molecular formula is C14H19NO3.